The predicted octanol–water partition coefficient (Wildman–Crippen LogP) is 3.72. The molecule has 0 aliphatic heterocycles. The molecule has 92 valence electrons. The molecule has 1 aromatic carbocycles. The fourth-order valence-corrected chi connectivity index (χ4v) is 3.69. The lowest BCUT2D eigenvalue weighted by atomic mass is 9.70. The summed E-state index contributed by atoms with van der Waals surface area (Å²) in [7, 11) is 0. The maximum atomic E-state index is 6.13. The second-order valence-corrected chi connectivity index (χ2v) is 5.91. The maximum absolute atomic E-state index is 6.13. The van der Waals surface area contributed by atoms with Crippen LogP contribution in [0.5, 0.6) is 0 Å². The third-order valence-corrected chi connectivity index (χ3v) is 5.03. The van der Waals surface area contributed by atoms with Crippen molar-refractivity contribution in [2.24, 2.45) is 5.73 Å². The number of hydrogen-bond donors (Lipinski definition) is 1. The second-order valence-electron chi connectivity index (χ2n) is 5.91. The summed E-state index contributed by atoms with van der Waals surface area (Å²) in [4.78, 5) is 0. The Kier molecular flexibility index (Phi) is 2.96. The van der Waals surface area contributed by atoms with E-state index in [1.165, 1.54) is 44.9 Å². The predicted molar refractivity (Wildman–Crippen MR) is 72.2 cm³/mol. The lowest BCUT2D eigenvalue weighted by Crippen LogP contribution is -2.34. The highest BCUT2D eigenvalue weighted by Crippen LogP contribution is 2.46. The van der Waals surface area contributed by atoms with E-state index >= 15 is 0 Å². The second kappa shape index (κ2) is 4.45. The van der Waals surface area contributed by atoms with Crippen molar-refractivity contribution < 1.29 is 0 Å². The molecule has 0 saturated heterocycles. The highest BCUT2D eigenvalue weighted by atomic mass is 14.6. The first-order valence-corrected chi connectivity index (χ1v) is 7.15. The molecule has 0 unspecified atom stereocenters. The van der Waals surface area contributed by atoms with Crippen LogP contribution >= 0.6 is 0 Å². The summed E-state index contributed by atoms with van der Waals surface area (Å²) in [6, 6.07) is 9.12. The first-order chi connectivity index (χ1) is 8.36. The molecule has 0 atom stereocenters. The Labute approximate surface area is 104 Å². The van der Waals surface area contributed by atoms with Gasteiger partial charge in [0.15, 0.2) is 0 Å². The van der Waals surface area contributed by atoms with Crippen LogP contribution in [-0.4, -0.2) is 6.54 Å². The Bertz CT molecular complexity index is 386. The zero-order chi connectivity index (χ0) is 11.7. The number of nitrogens with two attached hydrogens (primary N) is 1. The molecular formula is C16H23N. The molecule has 0 aromatic heterocycles. The minimum atomic E-state index is 0.312. The summed E-state index contributed by atoms with van der Waals surface area (Å²) in [5, 5.41) is 0. The third-order valence-electron chi connectivity index (χ3n) is 5.03. The van der Waals surface area contributed by atoms with E-state index in [2.05, 4.69) is 24.3 Å². The average molecular weight is 229 g/mol. The van der Waals surface area contributed by atoms with E-state index in [1.54, 1.807) is 11.1 Å². The van der Waals surface area contributed by atoms with Gasteiger partial charge in [0.1, 0.15) is 0 Å². The van der Waals surface area contributed by atoms with Crippen molar-refractivity contribution in [3.63, 3.8) is 0 Å². The standard InChI is InChI=1S/C16H23N/c17-12-16(10-3-4-11-16)15-9-2-1-8-14(15)13-6-5-7-13/h1-2,8-9,13H,3-7,10-12,17H2. The van der Waals surface area contributed by atoms with Gasteiger partial charge in [0, 0.05) is 12.0 Å². The molecule has 1 heteroatoms. The van der Waals surface area contributed by atoms with Gasteiger partial charge in [-0.25, -0.2) is 0 Å². The molecular weight excluding hydrogens is 206 g/mol. The third kappa shape index (κ3) is 1.81. The van der Waals surface area contributed by atoms with Gasteiger partial charge in [-0.3, -0.25) is 0 Å². The summed E-state index contributed by atoms with van der Waals surface area (Å²) in [5.41, 5.74) is 9.65. The zero-order valence-electron chi connectivity index (χ0n) is 10.6. The fourth-order valence-electron chi connectivity index (χ4n) is 3.69. The van der Waals surface area contributed by atoms with Gasteiger partial charge >= 0.3 is 0 Å². The molecule has 0 spiro atoms. The Morgan fingerprint density at radius 2 is 1.76 bits per heavy atom. The normalized spacial score (nSPS) is 23.6. The molecule has 2 aliphatic rings. The van der Waals surface area contributed by atoms with Crippen molar-refractivity contribution in [1.29, 1.82) is 0 Å². The van der Waals surface area contributed by atoms with E-state index < -0.39 is 0 Å². The minimum absolute atomic E-state index is 0.312. The lowest BCUT2D eigenvalue weighted by Gasteiger charge is -2.35. The summed E-state index contributed by atoms with van der Waals surface area (Å²) in [6.07, 6.45) is 9.50. The maximum Gasteiger partial charge on any atom is 0.00783 e. The molecule has 2 N–H and O–H groups in total. The summed E-state index contributed by atoms with van der Waals surface area (Å²) >= 11 is 0. The van der Waals surface area contributed by atoms with Crippen LogP contribution < -0.4 is 5.73 Å². The number of benzene rings is 1. The van der Waals surface area contributed by atoms with Gasteiger partial charge in [0.25, 0.3) is 0 Å². The van der Waals surface area contributed by atoms with Gasteiger partial charge in [-0.1, -0.05) is 43.5 Å². The van der Waals surface area contributed by atoms with Gasteiger partial charge in [0.05, 0.1) is 0 Å². The monoisotopic (exact) mass is 229 g/mol. The molecule has 0 amide bonds. The van der Waals surface area contributed by atoms with Crippen LogP contribution in [0.15, 0.2) is 24.3 Å². The van der Waals surface area contributed by atoms with Crippen LogP contribution in [0.1, 0.15) is 62.0 Å². The zero-order valence-corrected chi connectivity index (χ0v) is 10.6. The number of hydrogen-bond acceptors (Lipinski definition) is 1. The van der Waals surface area contributed by atoms with Gasteiger partial charge in [-0.15, -0.1) is 0 Å². The summed E-state index contributed by atoms with van der Waals surface area (Å²) in [6.45, 7) is 0.830. The van der Waals surface area contributed by atoms with E-state index in [0.717, 1.165) is 12.5 Å². The first-order valence-electron chi connectivity index (χ1n) is 7.15. The lowest BCUT2D eigenvalue weighted by molar-refractivity contribution is 0.395. The Morgan fingerprint density at radius 3 is 2.35 bits per heavy atom. The summed E-state index contributed by atoms with van der Waals surface area (Å²) < 4.78 is 0. The van der Waals surface area contributed by atoms with Crippen LogP contribution in [0.2, 0.25) is 0 Å². The molecule has 2 aliphatic carbocycles. The molecule has 1 aromatic rings. The topological polar surface area (TPSA) is 26.0 Å². The van der Waals surface area contributed by atoms with Crippen molar-refractivity contribution >= 4 is 0 Å². The SMILES string of the molecule is NCC1(c2ccccc2C2CCC2)CCCC1. The molecule has 0 radical (unpaired) electrons. The van der Waals surface area contributed by atoms with Crippen molar-refractivity contribution in [3.05, 3.63) is 35.4 Å². The molecule has 2 fully saturated rings. The van der Waals surface area contributed by atoms with Crippen LogP contribution in [0.25, 0.3) is 0 Å². The molecule has 3 rings (SSSR count). The largest absolute Gasteiger partial charge is 0.330 e. The Hall–Kier alpha value is -0.820. The minimum Gasteiger partial charge on any atom is -0.330 e. The first kappa shape index (κ1) is 11.3. The molecule has 17 heavy (non-hydrogen) atoms. The molecule has 0 bridgehead atoms. The highest BCUT2D eigenvalue weighted by molar-refractivity contribution is 5.39. The fraction of sp³-hybridized carbons (Fsp3) is 0.625. The van der Waals surface area contributed by atoms with Crippen molar-refractivity contribution in [2.45, 2.75) is 56.3 Å². The van der Waals surface area contributed by atoms with Gasteiger partial charge < -0.3 is 5.73 Å². The van der Waals surface area contributed by atoms with Gasteiger partial charge in [0.2, 0.25) is 0 Å². The molecule has 1 nitrogen and oxygen atoms in total. The summed E-state index contributed by atoms with van der Waals surface area (Å²) in [5.74, 6) is 0.829. The Morgan fingerprint density at radius 1 is 1.06 bits per heavy atom. The molecule has 0 heterocycles. The van der Waals surface area contributed by atoms with Crippen LogP contribution in [0, 0.1) is 0 Å². The van der Waals surface area contributed by atoms with E-state index in [1.807, 2.05) is 0 Å². The van der Waals surface area contributed by atoms with E-state index in [-0.39, 0.29) is 0 Å². The van der Waals surface area contributed by atoms with Crippen LogP contribution in [-0.2, 0) is 5.41 Å². The van der Waals surface area contributed by atoms with Crippen molar-refractivity contribution in [1.82, 2.24) is 0 Å². The van der Waals surface area contributed by atoms with Gasteiger partial charge in [-0.05, 0) is 42.7 Å². The van der Waals surface area contributed by atoms with Crippen LogP contribution in [0.3, 0.4) is 0 Å². The van der Waals surface area contributed by atoms with Gasteiger partial charge in [-0.2, -0.15) is 0 Å². The van der Waals surface area contributed by atoms with E-state index in [0.29, 0.717) is 5.41 Å². The van der Waals surface area contributed by atoms with E-state index in [4.69, 9.17) is 5.73 Å². The Balaban J connectivity index is 2.00. The highest BCUT2D eigenvalue weighted by Gasteiger charge is 2.37. The quantitative estimate of drug-likeness (QED) is 0.839. The van der Waals surface area contributed by atoms with Crippen molar-refractivity contribution in [2.75, 3.05) is 6.54 Å². The van der Waals surface area contributed by atoms with Crippen molar-refractivity contribution in [3.8, 4) is 0 Å². The average Bonchev–Trinajstić information content (AvgIpc) is 2.77. The van der Waals surface area contributed by atoms with E-state index in [9.17, 15) is 0 Å². The smallest absolute Gasteiger partial charge is 0.00783 e. The number of rotatable bonds is 3. The van der Waals surface area contributed by atoms with Crippen LogP contribution in [0.4, 0.5) is 0 Å². The molecule has 2 saturated carbocycles.